The Balaban J connectivity index is 1.70. The molecule has 2 N–H and O–H groups in total. The average Bonchev–Trinajstić information content (AvgIpc) is 2.40. The van der Waals surface area contributed by atoms with E-state index in [1.54, 1.807) is 0 Å². The summed E-state index contributed by atoms with van der Waals surface area (Å²) in [5.41, 5.74) is 2.61. The second-order valence-electron chi connectivity index (χ2n) is 5.10. The van der Waals surface area contributed by atoms with Gasteiger partial charge in [0.2, 0.25) is 0 Å². The molecule has 17 heavy (non-hydrogen) atoms. The molecule has 1 aromatic heterocycles. The van der Waals surface area contributed by atoms with Crippen LogP contribution >= 0.6 is 0 Å². The molecular weight excluding hydrogens is 212 g/mol. The van der Waals surface area contributed by atoms with Crippen LogP contribution in [0.25, 0.3) is 0 Å². The van der Waals surface area contributed by atoms with E-state index in [0.29, 0.717) is 6.04 Å². The molecule has 1 aliphatic carbocycles. The molecule has 1 aromatic rings. The maximum Gasteiger partial charge on any atom is 0.149 e. The topological polar surface area (TPSA) is 49.8 Å². The van der Waals surface area contributed by atoms with Crippen molar-refractivity contribution in [2.24, 2.45) is 0 Å². The molecule has 4 nitrogen and oxygen atoms in total. The largest absolute Gasteiger partial charge is 0.365 e. The lowest BCUT2D eigenvalue weighted by molar-refractivity contribution is 0.478. The Morgan fingerprint density at radius 1 is 1.18 bits per heavy atom. The highest BCUT2D eigenvalue weighted by atomic mass is 15.2. The number of rotatable bonds is 2. The molecule has 0 aromatic carbocycles. The quantitative estimate of drug-likeness (QED) is 0.811. The lowest BCUT2D eigenvalue weighted by atomic mass is 9.97. The summed E-state index contributed by atoms with van der Waals surface area (Å²) in [6, 6.07) is 2.72. The van der Waals surface area contributed by atoms with Gasteiger partial charge in [0.1, 0.15) is 5.82 Å². The molecule has 0 radical (unpaired) electrons. The maximum absolute atomic E-state index is 4.35. The molecule has 2 aliphatic rings. The normalized spacial score (nSPS) is 24.1. The molecule has 0 amide bonds. The van der Waals surface area contributed by atoms with Gasteiger partial charge in [0, 0.05) is 12.6 Å². The molecule has 92 valence electrons. The van der Waals surface area contributed by atoms with Gasteiger partial charge in [-0.05, 0) is 56.7 Å². The van der Waals surface area contributed by atoms with Crippen LogP contribution in [0, 0.1) is 0 Å². The molecule has 1 atom stereocenters. The van der Waals surface area contributed by atoms with Crippen LogP contribution in [0.15, 0.2) is 6.07 Å². The number of piperidine rings is 1. The highest BCUT2D eigenvalue weighted by Gasteiger charge is 2.15. The lowest BCUT2D eigenvalue weighted by Crippen LogP contribution is -2.38. The number of aryl methyl sites for hydroxylation is 2. The minimum Gasteiger partial charge on any atom is -0.365 e. The number of nitrogens with zero attached hydrogens (tertiary/aromatic N) is 2. The SMILES string of the molecule is c1c(NC2CCCNC2)nnc2c1CCCC2. The van der Waals surface area contributed by atoms with Crippen molar-refractivity contribution in [1.29, 1.82) is 0 Å². The number of hydrogen-bond donors (Lipinski definition) is 2. The summed E-state index contributed by atoms with van der Waals surface area (Å²) in [6.07, 6.45) is 7.31. The van der Waals surface area contributed by atoms with Crippen molar-refractivity contribution in [3.63, 3.8) is 0 Å². The zero-order valence-corrected chi connectivity index (χ0v) is 10.2. The van der Waals surface area contributed by atoms with Crippen molar-refractivity contribution in [1.82, 2.24) is 15.5 Å². The summed E-state index contributed by atoms with van der Waals surface area (Å²) in [6.45, 7) is 2.19. The molecule has 1 saturated heterocycles. The Morgan fingerprint density at radius 2 is 2.12 bits per heavy atom. The number of fused-ring (bicyclic) bond motifs is 1. The van der Waals surface area contributed by atoms with Crippen molar-refractivity contribution in [3.8, 4) is 0 Å². The van der Waals surface area contributed by atoms with Crippen LogP contribution < -0.4 is 10.6 Å². The Bertz CT molecular complexity index is 385. The van der Waals surface area contributed by atoms with E-state index >= 15 is 0 Å². The van der Waals surface area contributed by atoms with E-state index in [0.717, 1.165) is 25.3 Å². The van der Waals surface area contributed by atoms with Gasteiger partial charge in [-0.3, -0.25) is 0 Å². The molecule has 2 heterocycles. The van der Waals surface area contributed by atoms with Crippen LogP contribution in [-0.2, 0) is 12.8 Å². The molecule has 0 spiro atoms. The lowest BCUT2D eigenvalue weighted by Gasteiger charge is -2.24. The zero-order valence-electron chi connectivity index (χ0n) is 10.2. The third-order valence-electron chi connectivity index (χ3n) is 3.72. The van der Waals surface area contributed by atoms with E-state index in [4.69, 9.17) is 0 Å². The number of hydrogen-bond acceptors (Lipinski definition) is 4. The van der Waals surface area contributed by atoms with Gasteiger partial charge in [-0.15, -0.1) is 5.10 Å². The summed E-state index contributed by atoms with van der Waals surface area (Å²) in [5, 5.41) is 15.6. The van der Waals surface area contributed by atoms with Crippen LogP contribution in [0.1, 0.15) is 36.9 Å². The van der Waals surface area contributed by atoms with Crippen molar-refractivity contribution < 1.29 is 0 Å². The molecule has 1 unspecified atom stereocenters. The van der Waals surface area contributed by atoms with Gasteiger partial charge in [-0.1, -0.05) is 0 Å². The predicted molar refractivity (Wildman–Crippen MR) is 68.2 cm³/mol. The summed E-state index contributed by atoms with van der Waals surface area (Å²) >= 11 is 0. The summed E-state index contributed by atoms with van der Waals surface area (Å²) in [5.74, 6) is 0.958. The van der Waals surface area contributed by atoms with Gasteiger partial charge in [-0.25, -0.2) is 0 Å². The van der Waals surface area contributed by atoms with Crippen molar-refractivity contribution in [3.05, 3.63) is 17.3 Å². The number of nitrogens with one attached hydrogen (secondary N) is 2. The van der Waals surface area contributed by atoms with E-state index < -0.39 is 0 Å². The second kappa shape index (κ2) is 5.00. The van der Waals surface area contributed by atoms with Gasteiger partial charge in [0.05, 0.1) is 5.69 Å². The number of aromatic nitrogens is 2. The van der Waals surface area contributed by atoms with Gasteiger partial charge >= 0.3 is 0 Å². The van der Waals surface area contributed by atoms with Crippen LogP contribution in [0.3, 0.4) is 0 Å². The minimum atomic E-state index is 0.514. The maximum atomic E-state index is 4.35. The first-order valence-electron chi connectivity index (χ1n) is 6.74. The third-order valence-corrected chi connectivity index (χ3v) is 3.72. The van der Waals surface area contributed by atoms with E-state index in [2.05, 4.69) is 26.9 Å². The molecule has 1 fully saturated rings. The first-order chi connectivity index (χ1) is 8.42. The van der Waals surface area contributed by atoms with Gasteiger partial charge < -0.3 is 10.6 Å². The van der Waals surface area contributed by atoms with E-state index in [9.17, 15) is 0 Å². The van der Waals surface area contributed by atoms with Crippen molar-refractivity contribution >= 4 is 5.82 Å². The Morgan fingerprint density at radius 3 is 3.00 bits per heavy atom. The smallest absolute Gasteiger partial charge is 0.149 e. The fourth-order valence-corrected chi connectivity index (χ4v) is 2.75. The molecule has 1 aliphatic heterocycles. The first-order valence-corrected chi connectivity index (χ1v) is 6.74. The summed E-state index contributed by atoms with van der Waals surface area (Å²) in [7, 11) is 0. The summed E-state index contributed by atoms with van der Waals surface area (Å²) in [4.78, 5) is 0. The Hall–Kier alpha value is -1.16. The van der Waals surface area contributed by atoms with Gasteiger partial charge in [0.15, 0.2) is 0 Å². The number of anilines is 1. The third kappa shape index (κ3) is 2.57. The zero-order chi connectivity index (χ0) is 11.5. The van der Waals surface area contributed by atoms with Crippen LogP contribution in [0.2, 0.25) is 0 Å². The predicted octanol–water partition coefficient (Wildman–Crippen LogP) is 1.52. The molecule has 0 bridgehead atoms. The standard InChI is InChI=1S/C13H20N4/c1-2-6-12-10(4-1)8-13(17-16-12)15-11-5-3-7-14-9-11/h8,11,14H,1-7,9H2,(H,15,17). The van der Waals surface area contributed by atoms with Crippen LogP contribution in [0.5, 0.6) is 0 Å². The van der Waals surface area contributed by atoms with Crippen molar-refractivity contribution in [2.45, 2.75) is 44.6 Å². The van der Waals surface area contributed by atoms with Gasteiger partial charge in [-0.2, -0.15) is 5.10 Å². The van der Waals surface area contributed by atoms with Gasteiger partial charge in [0.25, 0.3) is 0 Å². The monoisotopic (exact) mass is 232 g/mol. The Kier molecular flexibility index (Phi) is 3.22. The van der Waals surface area contributed by atoms with E-state index in [-0.39, 0.29) is 0 Å². The fourth-order valence-electron chi connectivity index (χ4n) is 2.75. The summed E-state index contributed by atoms with van der Waals surface area (Å²) < 4.78 is 0. The minimum absolute atomic E-state index is 0.514. The first kappa shape index (κ1) is 11.0. The molecular formula is C13H20N4. The fraction of sp³-hybridized carbons (Fsp3) is 0.692. The molecule has 0 saturated carbocycles. The van der Waals surface area contributed by atoms with Crippen LogP contribution in [0.4, 0.5) is 5.82 Å². The van der Waals surface area contributed by atoms with E-state index in [1.807, 2.05) is 0 Å². The van der Waals surface area contributed by atoms with Crippen LogP contribution in [-0.4, -0.2) is 29.3 Å². The van der Waals surface area contributed by atoms with E-state index in [1.165, 1.54) is 43.4 Å². The van der Waals surface area contributed by atoms with Crippen molar-refractivity contribution in [2.75, 3.05) is 18.4 Å². The Labute approximate surface area is 102 Å². The molecule has 3 rings (SSSR count). The second-order valence-corrected chi connectivity index (χ2v) is 5.10. The highest BCUT2D eigenvalue weighted by Crippen LogP contribution is 2.21. The molecule has 4 heteroatoms. The highest BCUT2D eigenvalue weighted by molar-refractivity contribution is 5.40. The average molecular weight is 232 g/mol.